The summed E-state index contributed by atoms with van der Waals surface area (Å²) in [4.78, 5) is 14.0. The summed E-state index contributed by atoms with van der Waals surface area (Å²) in [5.74, 6) is 0.690. The van der Waals surface area contributed by atoms with Gasteiger partial charge in [-0.05, 0) is 4.92 Å². The molecule has 6 heteroatoms. The van der Waals surface area contributed by atoms with Crippen molar-refractivity contribution in [2.24, 2.45) is 0 Å². The smallest absolute Gasteiger partial charge is 0.342 e. The fourth-order valence-electron chi connectivity index (χ4n) is 1.20. The maximum atomic E-state index is 10.5. The Morgan fingerprint density at radius 1 is 1.92 bits per heavy atom. The summed E-state index contributed by atoms with van der Waals surface area (Å²) < 4.78 is 6.57. The lowest BCUT2D eigenvalue weighted by Gasteiger charge is -1.98. The fraction of sp³-hybridized carbons (Fsp3) is 0.571. The zero-order valence-corrected chi connectivity index (χ0v) is 7.14. The molecule has 1 atom stereocenters. The molecule has 1 aliphatic rings. The van der Waals surface area contributed by atoms with E-state index in [1.807, 2.05) is 0 Å². The van der Waals surface area contributed by atoms with E-state index in [-0.39, 0.29) is 11.9 Å². The number of hydrogen-bond acceptors (Lipinski definition) is 4. The van der Waals surface area contributed by atoms with Gasteiger partial charge in [0.05, 0.1) is 6.61 Å². The van der Waals surface area contributed by atoms with Gasteiger partial charge in [0.2, 0.25) is 0 Å². The number of epoxide rings is 1. The Hall–Kier alpha value is -1.43. The van der Waals surface area contributed by atoms with E-state index in [9.17, 15) is 10.1 Å². The lowest BCUT2D eigenvalue weighted by Crippen LogP contribution is -2.09. The van der Waals surface area contributed by atoms with Crippen LogP contribution in [-0.2, 0) is 11.3 Å². The molecule has 70 valence electrons. The first-order valence-corrected chi connectivity index (χ1v) is 3.96. The molecule has 2 rings (SSSR count). The molecule has 0 saturated carbocycles. The molecule has 13 heavy (non-hydrogen) atoms. The quantitative estimate of drug-likeness (QED) is 0.388. The largest absolute Gasteiger partial charge is 0.369 e. The van der Waals surface area contributed by atoms with E-state index >= 15 is 0 Å². The molecule has 0 aliphatic carbocycles. The van der Waals surface area contributed by atoms with Crippen LogP contribution in [-0.4, -0.2) is 27.2 Å². The molecule has 0 bridgehead atoms. The first-order chi connectivity index (χ1) is 6.18. The Kier molecular flexibility index (Phi) is 1.77. The zero-order valence-electron chi connectivity index (χ0n) is 7.14. The number of nitro groups is 1. The van der Waals surface area contributed by atoms with Crippen LogP contribution in [0.4, 0.5) is 5.82 Å². The van der Waals surface area contributed by atoms with Crippen molar-refractivity contribution in [1.82, 2.24) is 9.55 Å². The van der Waals surface area contributed by atoms with Gasteiger partial charge in [0.25, 0.3) is 0 Å². The molecule has 0 N–H and O–H groups in total. The molecule has 6 nitrogen and oxygen atoms in total. The van der Waals surface area contributed by atoms with Crippen molar-refractivity contribution in [3.05, 3.63) is 22.1 Å². The highest BCUT2D eigenvalue weighted by molar-refractivity contribution is 5.19. The summed E-state index contributed by atoms with van der Waals surface area (Å²) in [6, 6.07) is 0. The molecule has 0 radical (unpaired) electrons. The first-order valence-electron chi connectivity index (χ1n) is 3.96. The summed E-state index contributed by atoms with van der Waals surface area (Å²) in [5, 5.41) is 10.5. The van der Waals surface area contributed by atoms with Gasteiger partial charge in [-0.15, -0.1) is 0 Å². The van der Waals surface area contributed by atoms with Gasteiger partial charge in [0.1, 0.15) is 18.8 Å². The van der Waals surface area contributed by atoms with Crippen molar-refractivity contribution in [2.45, 2.75) is 19.6 Å². The van der Waals surface area contributed by atoms with E-state index in [2.05, 4.69) is 4.98 Å². The van der Waals surface area contributed by atoms with E-state index in [1.165, 1.54) is 6.20 Å². The van der Waals surface area contributed by atoms with E-state index in [0.29, 0.717) is 19.0 Å². The number of aryl methyl sites for hydroxylation is 1. The van der Waals surface area contributed by atoms with Crippen LogP contribution in [0.1, 0.15) is 5.82 Å². The van der Waals surface area contributed by atoms with E-state index in [0.717, 1.165) is 0 Å². The van der Waals surface area contributed by atoms with E-state index in [1.54, 1.807) is 11.5 Å². The first kappa shape index (κ1) is 8.18. The van der Waals surface area contributed by atoms with Gasteiger partial charge in [0, 0.05) is 6.92 Å². The minimum absolute atomic E-state index is 0.0352. The zero-order chi connectivity index (χ0) is 9.42. The summed E-state index contributed by atoms with van der Waals surface area (Å²) in [6.07, 6.45) is 1.41. The number of aromatic nitrogens is 2. The fourth-order valence-corrected chi connectivity index (χ4v) is 1.20. The molecule has 0 aromatic carbocycles. The Bertz CT molecular complexity index is 343. The maximum absolute atomic E-state index is 10.5. The van der Waals surface area contributed by atoms with Crippen LogP contribution in [0, 0.1) is 17.0 Å². The number of imidazole rings is 1. The normalized spacial score (nSPS) is 20.2. The second-order valence-corrected chi connectivity index (χ2v) is 2.99. The van der Waals surface area contributed by atoms with Crippen LogP contribution in [0.2, 0.25) is 0 Å². The predicted octanol–water partition coefficient (Wildman–Crippen LogP) is 0.499. The third-order valence-corrected chi connectivity index (χ3v) is 2.01. The summed E-state index contributed by atoms with van der Waals surface area (Å²) in [7, 11) is 0. The molecule has 2 heterocycles. The van der Waals surface area contributed by atoms with Crippen molar-refractivity contribution in [3.8, 4) is 0 Å². The van der Waals surface area contributed by atoms with Gasteiger partial charge < -0.3 is 14.9 Å². The van der Waals surface area contributed by atoms with Crippen molar-refractivity contribution in [2.75, 3.05) is 6.61 Å². The van der Waals surface area contributed by atoms with Gasteiger partial charge in [-0.1, -0.05) is 0 Å². The van der Waals surface area contributed by atoms with Crippen LogP contribution >= 0.6 is 0 Å². The number of ether oxygens (including phenoxy) is 1. The molecular weight excluding hydrogens is 174 g/mol. The lowest BCUT2D eigenvalue weighted by atomic mass is 10.4. The molecule has 0 amide bonds. The predicted molar refractivity (Wildman–Crippen MR) is 43.4 cm³/mol. The van der Waals surface area contributed by atoms with Crippen LogP contribution in [0.25, 0.3) is 0 Å². The second kappa shape index (κ2) is 2.81. The number of nitrogens with zero attached hydrogens (tertiary/aromatic N) is 3. The van der Waals surface area contributed by atoms with E-state index < -0.39 is 4.92 Å². The SMILES string of the molecule is Cc1ncc([N+](=O)[O-])n1C[C@@H]1CO1. The van der Waals surface area contributed by atoms with Crippen LogP contribution in [0.3, 0.4) is 0 Å². The highest BCUT2D eigenvalue weighted by Gasteiger charge is 2.29. The Balaban J connectivity index is 2.27. The molecule has 1 aliphatic heterocycles. The average molecular weight is 183 g/mol. The van der Waals surface area contributed by atoms with Crippen LogP contribution < -0.4 is 0 Å². The van der Waals surface area contributed by atoms with Gasteiger partial charge in [-0.2, -0.15) is 0 Å². The third-order valence-electron chi connectivity index (χ3n) is 2.01. The van der Waals surface area contributed by atoms with Crippen molar-refractivity contribution < 1.29 is 9.66 Å². The summed E-state index contributed by atoms with van der Waals surface area (Å²) >= 11 is 0. The molecule has 1 fully saturated rings. The topological polar surface area (TPSA) is 73.5 Å². The second-order valence-electron chi connectivity index (χ2n) is 2.99. The Morgan fingerprint density at radius 3 is 3.15 bits per heavy atom. The third kappa shape index (κ3) is 1.52. The van der Waals surface area contributed by atoms with Crippen LogP contribution in [0.5, 0.6) is 0 Å². The standard InChI is InChI=1S/C7H9N3O3/c1-5-8-2-7(10(11)12)9(5)3-6-4-13-6/h2,6H,3-4H2,1H3/t6-/m1/s1. The van der Waals surface area contributed by atoms with Crippen molar-refractivity contribution >= 4 is 5.82 Å². The van der Waals surface area contributed by atoms with Gasteiger partial charge in [-0.3, -0.25) is 0 Å². The highest BCUT2D eigenvalue weighted by atomic mass is 16.6. The van der Waals surface area contributed by atoms with Gasteiger partial charge >= 0.3 is 5.82 Å². The number of rotatable bonds is 3. The molecule has 0 unspecified atom stereocenters. The average Bonchev–Trinajstić information content (AvgIpc) is 2.78. The monoisotopic (exact) mass is 183 g/mol. The Morgan fingerprint density at radius 2 is 2.62 bits per heavy atom. The van der Waals surface area contributed by atoms with E-state index in [4.69, 9.17) is 4.74 Å². The highest BCUT2D eigenvalue weighted by Crippen LogP contribution is 2.19. The van der Waals surface area contributed by atoms with Crippen molar-refractivity contribution in [3.63, 3.8) is 0 Å². The minimum atomic E-state index is -0.428. The molecule has 1 aromatic heterocycles. The number of hydrogen-bond donors (Lipinski definition) is 0. The lowest BCUT2D eigenvalue weighted by molar-refractivity contribution is -0.392. The Labute approximate surface area is 74.3 Å². The van der Waals surface area contributed by atoms with Gasteiger partial charge in [-0.25, -0.2) is 9.55 Å². The maximum Gasteiger partial charge on any atom is 0.342 e. The summed E-state index contributed by atoms with van der Waals surface area (Å²) in [5.41, 5.74) is 0. The molecule has 1 saturated heterocycles. The molecule has 0 spiro atoms. The van der Waals surface area contributed by atoms with Crippen molar-refractivity contribution in [1.29, 1.82) is 0 Å². The summed E-state index contributed by atoms with van der Waals surface area (Å²) in [6.45, 7) is 2.96. The molecule has 1 aromatic rings. The minimum Gasteiger partial charge on any atom is -0.369 e. The molecular formula is C7H9N3O3. The van der Waals surface area contributed by atoms with Gasteiger partial charge in [0.15, 0.2) is 5.82 Å². The van der Waals surface area contributed by atoms with Crippen LogP contribution in [0.15, 0.2) is 6.20 Å².